The molecule has 0 radical (unpaired) electrons. The van der Waals surface area contributed by atoms with E-state index in [4.69, 9.17) is 22.1 Å². The predicted molar refractivity (Wildman–Crippen MR) is 91.5 cm³/mol. The van der Waals surface area contributed by atoms with Crippen molar-refractivity contribution in [2.75, 3.05) is 0 Å². The van der Waals surface area contributed by atoms with Gasteiger partial charge in [-0.1, -0.05) is 55.8 Å². The van der Waals surface area contributed by atoms with E-state index < -0.39 is 22.9 Å². The fourth-order valence-electron chi connectivity index (χ4n) is 2.73. The summed E-state index contributed by atoms with van der Waals surface area (Å²) in [4.78, 5) is 15.2. The van der Waals surface area contributed by atoms with Gasteiger partial charge in [0.05, 0.1) is 5.69 Å². The van der Waals surface area contributed by atoms with E-state index in [1.165, 1.54) is 0 Å². The zero-order valence-corrected chi connectivity index (χ0v) is 14.4. The van der Waals surface area contributed by atoms with Crippen LogP contribution in [0.5, 0.6) is 5.88 Å². The minimum absolute atomic E-state index is 0.0478. The smallest absolute Gasteiger partial charge is 0.388 e. The summed E-state index contributed by atoms with van der Waals surface area (Å²) >= 11 is 5.86. The van der Waals surface area contributed by atoms with E-state index in [-0.39, 0.29) is 5.92 Å². The molecule has 0 saturated heterocycles. The number of carbonyl (C=O) groups excluding carboxylic acids is 1. The van der Waals surface area contributed by atoms with Crippen LogP contribution >= 0.6 is 11.6 Å². The van der Waals surface area contributed by atoms with Crippen molar-refractivity contribution in [3.8, 4) is 5.88 Å². The monoisotopic (exact) mass is 362 g/mol. The van der Waals surface area contributed by atoms with E-state index in [0.29, 0.717) is 17.8 Å². The Bertz CT molecular complexity index is 941. The quantitative estimate of drug-likeness (QED) is 0.717. The molecule has 0 fully saturated rings. The second-order valence-corrected chi connectivity index (χ2v) is 6.21. The number of nitrogens with zero attached hydrogens (tertiary/aromatic N) is 3. The highest BCUT2D eigenvalue weighted by molar-refractivity contribution is 6.29. The number of hydrogen-bond acceptors (Lipinski definition) is 4. The van der Waals surface area contributed by atoms with Gasteiger partial charge < -0.3 is 10.5 Å². The highest BCUT2D eigenvalue weighted by atomic mass is 35.5. The molecular formula is C17H16ClFN4O2. The van der Waals surface area contributed by atoms with Crippen LogP contribution in [0, 0.1) is 5.82 Å². The Kier molecular flexibility index (Phi) is 4.59. The lowest BCUT2D eigenvalue weighted by atomic mass is 9.99. The Morgan fingerprint density at radius 2 is 2.04 bits per heavy atom. The molecule has 130 valence electrons. The third kappa shape index (κ3) is 3.28. The first kappa shape index (κ1) is 17.2. The van der Waals surface area contributed by atoms with Crippen molar-refractivity contribution in [2.24, 2.45) is 5.73 Å². The van der Waals surface area contributed by atoms with Crippen LogP contribution in [0.1, 0.15) is 36.6 Å². The number of hydrogen-bond donors (Lipinski definition) is 1. The van der Waals surface area contributed by atoms with Crippen LogP contribution in [0.3, 0.4) is 0 Å². The second-order valence-electron chi connectivity index (χ2n) is 5.86. The summed E-state index contributed by atoms with van der Waals surface area (Å²) in [6.45, 7) is 3.94. The Hall–Kier alpha value is -2.67. The minimum atomic E-state index is -1.16. The van der Waals surface area contributed by atoms with Gasteiger partial charge in [0.2, 0.25) is 5.82 Å². The van der Waals surface area contributed by atoms with Crippen LogP contribution < -0.4 is 10.5 Å². The van der Waals surface area contributed by atoms with Crippen molar-refractivity contribution < 1.29 is 13.9 Å². The summed E-state index contributed by atoms with van der Waals surface area (Å²) in [6.07, 6.45) is -0.638. The van der Waals surface area contributed by atoms with E-state index >= 15 is 0 Å². The summed E-state index contributed by atoms with van der Waals surface area (Å²) in [7, 11) is 0. The lowest BCUT2D eigenvalue weighted by Crippen LogP contribution is -2.19. The number of halogens is 2. The van der Waals surface area contributed by atoms with Crippen molar-refractivity contribution in [3.63, 3.8) is 0 Å². The molecule has 0 aliphatic rings. The van der Waals surface area contributed by atoms with Gasteiger partial charge in [-0.25, -0.2) is 9.78 Å². The maximum atomic E-state index is 14.3. The molecule has 0 aliphatic heterocycles. The molecule has 0 aliphatic carbocycles. The number of aromatic nitrogens is 3. The van der Waals surface area contributed by atoms with E-state index in [1.807, 2.05) is 44.2 Å². The van der Waals surface area contributed by atoms with Crippen LogP contribution in [-0.4, -0.2) is 20.7 Å². The maximum absolute atomic E-state index is 14.3. The van der Waals surface area contributed by atoms with Gasteiger partial charge in [-0.2, -0.15) is 14.0 Å². The van der Waals surface area contributed by atoms with Crippen molar-refractivity contribution in [2.45, 2.75) is 26.2 Å². The topological polar surface area (TPSA) is 82.5 Å². The van der Waals surface area contributed by atoms with Crippen molar-refractivity contribution >= 4 is 23.3 Å². The maximum Gasteiger partial charge on any atom is 0.411 e. The van der Waals surface area contributed by atoms with E-state index in [0.717, 1.165) is 15.6 Å². The lowest BCUT2D eigenvalue weighted by molar-refractivity contribution is 0.205. The molecule has 8 heteroatoms. The third-order valence-electron chi connectivity index (χ3n) is 3.73. The number of primary amides is 1. The Morgan fingerprint density at radius 1 is 1.36 bits per heavy atom. The van der Waals surface area contributed by atoms with Crippen molar-refractivity contribution in [3.05, 3.63) is 58.1 Å². The van der Waals surface area contributed by atoms with Gasteiger partial charge >= 0.3 is 6.09 Å². The molecule has 0 spiro atoms. The highest BCUT2D eigenvalue weighted by Gasteiger charge is 2.25. The fraction of sp³-hybridized carbons (Fsp3) is 0.235. The van der Waals surface area contributed by atoms with E-state index in [9.17, 15) is 9.18 Å². The molecule has 1 aromatic carbocycles. The molecular weight excluding hydrogens is 347 g/mol. The Morgan fingerprint density at radius 3 is 2.64 bits per heavy atom. The second kappa shape index (κ2) is 6.68. The number of ether oxygens (including phenoxy) is 1. The summed E-state index contributed by atoms with van der Waals surface area (Å²) in [5.74, 6) is -1.41. The molecule has 0 unspecified atom stereocenters. The van der Waals surface area contributed by atoms with Crippen molar-refractivity contribution in [1.82, 2.24) is 14.6 Å². The zero-order valence-electron chi connectivity index (χ0n) is 13.7. The van der Waals surface area contributed by atoms with Gasteiger partial charge in [0.25, 0.3) is 5.88 Å². The average molecular weight is 363 g/mol. The molecule has 0 atom stereocenters. The van der Waals surface area contributed by atoms with Crippen LogP contribution in [0.15, 0.2) is 30.3 Å². The molecule has 2 heterocycles. The minimum Gasteiger partial charge on any atom is -0.388 e. The molecule has 3 aromatic rings. The summed E-state index contributed by atoms with van der Waals surface area (Å²) in [5.41, 5.74) is 7.91. The summed E-state index contributed by atoms with van der Waals surface area (Å²) in [5, 5.41) is 4.00. The van der Waals surface area contributed by atoms with Crippen molar-refractivity contribution in [1.29, 1.82) is 0 Å². The average Bonchev–Trinajstić information content (AvgIpc) is 2.90. The standard InChI is InChI=1S/C17H16ClFN4O2/c1-9(2)12-11(8-10-6-4-3-5-7-10)22-23-15(12)21-14(18)13(19)16(23)25-17(20)24/h3-7,9H,8H2,1-2H3,(H2,20,24). The first-order chi connectivity index (χ1) is 11.9. The predicted octanol–water partition coefficient (Wildman–Crippen LogP) is 3.69. The first-order valence-electron chi connectivity index (χ1n) is 7.66. The van der Waals surface area contributed by atoms with Gasteiger partial charge in [0.15, 0.2) is 10.8 Å². The van der Waals surface area contributed by atoms with Crippen LogP contribution in [0.2, 0.25) is 5.15 Å². The van der Waals surface area contributed by atoms with Gasteiger partial charge in [0, 0.05) is 12.0 Å². The zero-order chi connectivity index (χ0) is 18.1. The lowest BCUT2D eigenvalue weighted by Gasteiger charge is -2.08. The molecule has 25 heavy (non-hydrogen) atoms. The molecule has 1 amide bonds. The third-order valence-corrected chi connectivity index (χ3v) is 3.98. The first-order valence-corrected chi connectivity index (χ1v) is 8.04. The van der Waals surface area contributed by atoms with E-state index in [1.54, 1.807) is 0 Å². The molecule has 0 saturated carbocycles. The van der Waals surface area contributed by atoms with Gasteiger partial charge in [-0.15, -0.1) is 0 Å². The normalized spacial score (nSPS) is 11.2. The van der Waals surface area contributed by atoms with Gasteiger partial charge in [-0.3, -0.25) is 0 Å². The number of rotatable bonds is 4. The van der Waals surface area contributed by atoms with Gasteiger partial charge in [-0.05, 0) is 11.5 Å². The summed E-state index contributed by atoms with van der Waals surface area (Å²) < 4.78 is 20.2. The van der Waals surface area contributed by atoms with Gasteiger partial charge in [0.1, 0.15) is 0 Å². The van der Waals surface area contributed by atoms with Crippen LogP contribution in [0.4, 0.5) is 9.18 Å². The highest BCUT2D eigenvalue weighted by Crippen LogP contribution is 2.31. The largest absolute Gasteiger partial charge is 0.411 e. The SMILES string of the molecule is CC(C)c1c(Cc2ccccc2)nn2c(OC(N)=O)c(F)c(Cl)nc12. The van der Waals surface area contributed by atoms with Crippen LogP contribution in [0.25, 0.3) is 5.65 Å². The number of nitrogens with two attached hydrogens (primary N) is 1. The molecule has 2 N–H and O–H groups in total. The molecule has 6 nitrogen and oxygen atoms in total. The molecule has 2 aromatic heterocycles. The van der Waals surface area contributed by atoms with E-state index in [2.05, 4.69) is 10.1 Å². The van der Waals surface area contributed by atoms with Crippen LogP contribution in [-0.2, 0) is 6.42 Å². The number of fused-ring (bicyclic) bond motifs is 1. The number of amides is 1. The fourth-order valence-corrected chi connectivity index (χ4v) is 2.89. The molecule has 0 bridgehead atoms. The number of benzene rings is 1. The summed E-state index contributed by atoms with van der Waals surface area (Å²) in [6, 6.07) is 9.71. The number of carbonyl (C=O) groups is 1. The Labute approximate surface area is 148 Å². The Balaban J connectivity index is 2.24. The molecule has 3 rings (SSSR count).